The molecule has 3 rings (SSSR count). The number of fused-ring (bicyclic) bond motifs is 2. The average molecular weight is 289 g/mol. The van der Waals surface area contributed by atoms with Crippen LogP contribution in [0.2, 0.25) is 0 Å². The van der Waals surface area contributed by atoms with Crippen LogP contribution in [0, 0.1) is 0 Å². The summed E-state index contributed by atoms with van der Waals surface area (Å²) in [5, 5.41) is 0. The Labute approximate surface area is 121 Å². The third-order valence-electron chi connectivity index (χ3n) is 3.79. The average Bonchev–Trinajstić information content (AvgIpc) is 2.51. The van der Waals surface area contributed by atoms with Crippen molar-refractivity contribution in [3.8, 4) is 0 Å². The van der Waals surface area contributed by atoms with Gasteiger partial charge in [0.2, 0.25) is 0 Å². The molecule has 1 aromatic rings. The summed E-state index contributed by atoms with van der Waals surface area (Å²) < 4.78 is 9.90. The summed E-state index contributed by atoms with van der Waals surface area (Å²) in [6.07, 6.45) is 1.09. The number of hydrogen-bond acceptors (Lipinski definition) is 5. The number of piperidine rings is 1. The molecule has 2 atom stereocenters. The number of esters is 2. The quantitative estimate of drug-likeness (QED) is 0.611. The second-order valence-electron chi connectivity index (χ2n) is 5.15. The van der Waals surface area contributed by atoms with Crippen molar-refractivity contribution >= 4 is 18.0 Å². The number of cyclic esters (lactones) is 2. The maximum atomic E-state index is 12.2. The molecule has 2 fully saturated rings. The van der Waals surface area contributed by atoms with Gasteiger partial charge < -0.3 is 9.47 Å². The number of rotatable bonds is 2. The SMILES string of the molecule is O=C1OC(=O)C2CCCC1N2C(=O)OCc1ccccc1. The van der Waals surface area contributed by atoms with Crippen LogP contribution < -0.4 is 0 Å². The first-order valence-electron chi connectivity index (χ1n) is 6.91. The number of hydrogen-bond donors (Lipinski definition) is 0. The van der Waals surface area contributed by atoms with E-state index in [0.717, 1.165) is 12.0 Å². The maximum absolute atomic E-state index is 12.2. The molecule has 2 aliphatic heterocycles. The van der Waals surface area contributed by atoms with Crippen LogP contribution in [0.1, 0.15) is 24.8 Å². The minimum atomic E-state index is -0.704. The van der Waals surface area contributed by atoms with Crippen LogP contribution in [0.15, 0.2) is 30.3 Å². The minimum Gasteiger partial charge on any atom is -0.445 e. The Morgan fingerprint density at radius 3 is 2.38 bits per heavy atom. The Bertz CT molecular complexity index is 549. The van der Waals surface area contributed by atoms with Crippen LogP contribution in [0.25, 0.3) is 0 Å². The van der Waals surface area contributed by atoms with Gasteiger partial charge in [-0.05, 0) is 24.8 Å². The lowest BCUT2D eigenvalue weighted by Gasteiger charge is -2.41. The summed E-state index contributed by atoms with van der Waals surface area (Å²) >= 11 is 0. The Kier molecular flexibility index (Phi) is 3.60. The zero-order chi connectivity index (χ0) is 14.8. The number of ether oxygens (including phenoxy) is 2. The molecular formula is C15H15NO5. The topological polar surface area (TPSA) is 72.9 Å². The number of carbonyl (C=O) groups excluding carboxylic acids is 3. The van der Waals surface area contributed by atoms with E-state index < -0.39 is 30.1 Å². The molecule has 0 radical (unpaired) electrons. The number of morpholine rings is 1. The van der Waals surface area contributed by atoms with E-state index in [0.29, 0.717) is 12.8 Å². The van der Waals surface area contributed by atoms with Gasteiger partial charge in [-0.1, -0.05) is 30.3 Å². The predicted molar refractivity (Wildman–Crippen MR) is 71.0 cm³/mol. The molecule has 2 heterocycles. The zero-order valence-corrected chi connectivity index (χ0v) is 11.4. The lowest BCUT2D eigenvalue weighted by atomic mass is 9.94. The lowest BCUT2D eigenvalue weighted by molar-refractivity contribution is -0.178. The number of amides is 1. The van der Waals surface area contributed by atoms with Crippen LogP contribution in [-0.4, -0.2) is 35.0 Å². The molecule has 0 saturated carbocycles. The van der Waals surface area contributed by atoms with Crippen LogP contribution in [0.4, 0.5) is 4.79 Å². The Morgan fingerprint density at radius 2 is 1.76 bits per heavy atom. The Hall–Kier alpha value is -2.37. The van der Waals surface area contributed by atoms with E-state index in [9.17, 15) is 14.4 Å². The fourth-order valence-electron chi connectivity index (χ4n) is 2.75. The highest BCUT2D eigenvalue weighted by molar-refractivity contribution is 5.98. The molecule has 0 aromatic heterocycles. The summed E-state index contributed by atoms with van der Waals surface area (Å²) in [6.45, 7) is 0.110. The van der Waals surface area contributed by atoms with Crippen molar-refractivity contribution in [2.24, 2.45) is 0 Å². The first-order valence-corrected chi connectivity index (χ1v) is 6.91. The summed E-state index contributed by atoms with van der Waals surface area (Å²) in [5.74, 6) is -1.32. The number of nitrogens with zero attached hydrogens (tertiary/aromatic N) is 1. The molecule has 110 valence electrons. The van der Waals surface area contributed by atoms with Gasteiger partial charge in [-0.3, -0.25) is 4.90 Å². The monoisotopic (exact) mass is 289 g/mol. The minimum absolute atomic E-state index is 0.110. The molecule has 2 bridgehead atoms. The van der Waals surface area contributed by atoms with Crippen molar-refractivity contribution in [1.82, 2.24) is 4.90 Å². The van der Waals surface area contributed by atoms with Crippen molar-refractivity contribution in [3.05, 3.63) is 35.9 Å². The molecule has 0 N–H and O–H groups in total. The van der Waals surface area contributed by atoms with Crippen LogP contribution in [0.3, 0.4) is 0 Å². The fraction of sp³-hybridized carbons (Fsp3) is 0.400. The summed E-state index contributed by atoms with van der Waals surface area (Å²) in [5.41, 5.74) is 0.849. The molecular weight excluding hydrogens is 274 g/mol. The van der Waals surface area contributed by atoms with Gasteiger partial charge in [-0.2, -0.15) is 0 Å². The van der Waals surface area contributed by atoms with Crippen LogP contribution in [0.5, 0.6) is 0 Å². The van der Waals surface area contributed by atoms with Gasteiger partial charge in [0.05, 0.1) is 0 Å². The van der Waals surface area contributed by atoms with Gasteiger partial charge in [0, 0.05) is 0 Å². The molecule has 1 amide bonds. The molecule has 2 saturated heterocycles. The molecule has 2 unspecified atom stereocenters. The van der Waals surface area contributed by atoms with Gasteiger partial charge >= 0.3 is 18.0 Å². The van der Waals surface area contributed by atoms with E-state index in [1.807, 2.05) is 30.3 Å². The molecule has 0 aliphatic carbocycles. The normalized spacial score (nSPS) is 24.5. The first-order chi connectivity index (χ1) is 10.2. The van der Waals surface area contributed by atoms with Gasteiger partial charge in [0.1, 0.15) is 18.7 Å². The van der Waals surface area contributed by atoms with Gasteiger partial charge in [-0.15, -0.1) is 0 Å². The lowest BCUT2D eigenvalue weighted by Crippen LogP contribution is -2.61. The van der Waals surface area contributed by atoms with E-state index in [1.165, 1.54) is 4.90 Å². The van der Waals surface area contributed by atoms with Crippen molar-refractivity contribution in [3.63, 3.8) is 0 Å². The van der Waals surface area contributed by atoms with Crippen molar-refractivity contribution < 1.29 is 23.9 Å². The van der Waals surface area contributed by atoms with Crippen LogP contribution >= 0.6 is 0 Å². The molecule has 6 nitrogen and oxygen atoms in total. The molecule has 1 aromatic carbocycles. The highest BCUT2D eigenvalue weighted by atomic mass is 16.6. The molecule has 0 spiro atoms. The van der Waals surface area contributed by atoms with E-state index in [4.69, 9.17) is 4.74 Å². The highest BCUT2D eigenvalue weighted by Gasteiger charge is 2.49. The third kappa shape index (κ3) is 2.61. The van der Waals surface area contributed by atoms with Crippen molar-refractivity contribution in [2.75, 3.05) is 0 Å². The maximum Gasteiger partial charge on any atom is 0.411 e. The van der Waals surface area contributed by atoms with Gasteiger partial charge in [0.15, 0.2) is 0 Å². The third-order valence-corrected chi connectivity index (χ3v) is 3.79. The van der Waals surface area contributed by atoms with E-state index >= 15 is 0 Å². The number of benzene rings is 1. The molecule has 6 heteroatoms. The van der Waals surface area contributed by atoms with Gasteiger partial charge in [-0.25, -0.2) is 14.4 Å². The highest BCUT2D eigenvalue weighted by Crippen LogP contribution is 2.29. The molecule has 21 heavy (non-hydrogen) atoms. The van der Waals surface area contributed by atoms with E-state index in [1.54, 1.807) is 0 Å². The standard InChI is InChI=1S/C15H15NO5/c17-13-11-7-4-8-12(14(18)21-13)16(11)15(19)20-9-10-5-2-1-3-6-10/h1-3,5-6,11-12H,4,7-9H2. The summed E-state index contributed by atoms with van der Waals surface area (Å²) in [4.78, 5) is 36.9. The van der Waals surface area contributed by atoms with E-state index in [2.05, 4.69) is 4.74 Å². The van der Waals surface area contributed by atoms with E-state index in [-0.39, 0.29) is 6.61 Å². The van der Waals surface area contributed by atoms with Gasteiger partial charge in [0.25, 0.3) is 0 Å². The Balaban J connectivity index is 1.71. The molecule has 2 aliphatic rings. The van der Waals surface area contributed by atoms with Crippen molar-refractivity contribution in [1.29, 1.82) is 0 Å². The second-order valence-corrected chi connectivity index (χ2v) is 5.15. The number of carbonyl (C=O) groups is 3. The predicted octanol–water partition coefficient (Wildman–Crippen LogP) is 1.63. The van der Waals surface area contributed by atoms with Crippen molar-refractivity contribution in [2.45, 2.75) is 38.0 Å². The summed E-state index contributed by atoms with van der Waals surface area (Å²) in [6, 6.07) is 7.83. The summed E-state index contributed by atoms with van der Waals surface area (Å²) in [7, 11) is 0. The smallest absolute Gasteiger partial charge is 0.411 e. The first kappa shape index (κ1) is 13.6. The fourth-order valence-corrected chi connectivity index (χ4v) is 2.75. The largest absolute Gasteiger partial charge is 0.445 e. The zero-order valence-electron chi connectivity index (χ0n) is 11.4. The second kappa shape index (κ2) is 5.55. The van der Waals surface area contributed by atoms with Crippen LogP contribution in [-0.2, 0) is 25.7 Å². The Morgan fingerprint density at radius 1 is 1.14 bits per heavy atom.